The number of fused-ring (bicyclic) bond motifs is 1. The molecule has 0 saturated carbocycles. The minimum Gasteiger partial charge on any atom is -0.486 e. The van der Waals surface area contributed by atoms with Crippen LogP contribution in [0.1, 0.15) is 60.6 Å². The molecule has 2 aromatic rings. The molecular weight excluding hydrogens is 479 g/mol. The summed E-state index contributed by atoms with van der Waals surface area (Å²) in [5.41, 5.74) is 1.11. The van der Waals surface area contributed by atoms with Gasteiger partial charge in [0.1, 0.15) is 25.1 Å². The highest BCUT2D eigenvalue weighted by molar-refractivity contribution is 5.95. The van der Waals surface area contributed by atoms with E-state index in [-0.39, 0.29) is 23.9 Å². The number of halogens is 1. The van der Waals surface area contributed by atoms with Crippen LogP contribution in [0.25, 0.3) is 0 Å². The molecule has 0 aromatic heterocycles. The van der Waals surface area contributed by atoms with Gasteiger partial charge in [-0.15, -0.1) is 0 Å². The summed E-state index contributed by atoms with van der Waals surface area (Å²) >= 11 is 0. The van der Waals surface area contributed by atoms with Gasteiger partial charge >= 0.3 is 0 Å². The molecule has 4 rings (SSSR count). The number of nitrogens with one attached hydrogen (secondary N) is 1. The van der Waals surface area contributed by atoms with Gasteiger partial charge in [-0.3, -0.25) is 14.5 Å². The van der Waals surface area contributed by atoms with Gasteiger partial charge in [0, 0.05) is 38.0 Å². The van der Waals surface area contributed by atoms with Crippen LogP contribution in [-0.2, 0) is 4.79 Å². The summed E-state index contributed by atoms with van der Waals surface area (Å²) in [4.78, 5) is 27.0. The van der Waals surface area contributed by atoms with Gasteiger partial charge in [-0.1, -0.05) is 12.5 Å². The van der Waals surface area contributed by atoms with E-state index in [4.69, 9.17) is 9.47 Å². The molecule has 0 unspecified atom stereocenters. The molecule has 1 saturated heterocycles. The molecule has 3 atom stereocenters. The quantitative estimate of drug-likeness (QED) is 0.295. The fourth-order valence-corrected chi connectivity index (χ4v) is 4.76. The number of aliphatic hydroxyl groups excluding tert-OH is 2. The van der Waals surface area contributed by atoms with Crippen molar-refractivity contribution in [2.75, 3.05) is 32.8 Å². The number of unbranched alkanes of at least 4 members (excludes halogenated alkanes) is 2. The number of nitrogens with zero attached hydrogens (tertiary/aromatic N) is 1. The van der Waals surface area contributed by atoms with Gasteiger partial charge in [0.15, 0.2) is 17.3 Å². The second kappa shape index (κ2) is 13.0. The Morgan fingerprint density at radius 1 is 1.03 bits per heavy atom. The third-order valence-electron chi connectivity index (χ3n) is 6.81. The molecule has 9 heteroatoms. The van der Waals surface area contributed by atoms with Crippen LogP contribution in [0, 0.1) is 5.82 Å². The molecule has 0 bridgehead atoms. The lowest BCUT2D eigenvalue weighted by Crippen LogP contribution is -2.47. The Balaban J connectivity index is 1.28. The minimum atomic E-state index is -0.967. The number of carbonyl (C=O) groups excluding carboxylic acids is 2. The highest BCUT2D eigenvalue weighted by Gasteiger charge is 2.29. The van der Waals surface area contributed by atoms with Crippen LogP contribution in [0.5, 0.6) is 11.5 Å². The normalized spacial score (nSPS) is 18.8. The Bertz CT molecular complexity index is 1060. The van der Waals surface area contributed by atoms with E-state index < -0.39 is 18.2 Å². The van der Waals surface area contributed by atoms with Crippen molar-refractivity contribution < 1.29 is 33.7 Å². The van der Waals surface area contributed by atoms with Gasteiger partial charge in [-0.25, -0.2) is 4.39 Å². The Kier molecular flexibility index (Phi) is 9.49. The second-order valence-electron chi connectivity index (χ2n) is 9.71. The van der Waals surface area contributed by atoms with Gasteiger partial charge in [-0.2, -0.15) is 0 Å². The molecule has 1 fully saturated rings. The number of Topliss-reactive ketones (excluding diaryl/α,β-unsaturated/α-hetero) is 1. The van der Waals surface area contributed by atoms with Gasteiger partial charge in [-0.05, 0) is 61.2 Å². The monoisotopic (exact) mass is 514 g/mol. The molecule has 0 radical (unpaired) electrons. The average molecular weight is 515 g/mol. The highest BCUT2D eigenvalue weighted by Crippen LogP contribution is 2.33. The number of carbonyl (C=O) groups is 2. The molecule has 2 heterocycles. The van der Waals surface area contributed by atoms with E-state index in [0.717, 1.165) is 0 Å². The number of amides is 1. The average Bonchev–Trinajstić information content (AvgIpc) is 3.32. The maximum Gasteiger partial charge on any atom is 0.220 e. The predicted octanol–water partition coefficient (Wildman–Crippen LogP) is 3.02. The number of likely N-dealkylation sites (tertiary alicyclic amines) is 1. The Hall–Kier alpha value is -3.01. The van der Waals surface area contributed by atoms with Gasteiger partial charge in [0.25, 0.3) is 0 Å². The number of ketones is 1. The highest BCUT2D eigenvalue weighted by atomic mass is 19.1. The SMILES string of the molecule is O=C(CCCCCC(=O)c1ccc(F)cc1)N[C@H](CN1CC[C@H](O)C1)[C@H](O)c1ccc2c(c1)OCCO2. The summed E-state index contributed by atoms with van der Waals surface area (Å²) in [6.45, 7) is 2.52. The lowest BCUT2D eigenvalue weighted by atomic mass is 10.00. The zero-order valence-electron chi connectivity index (χ0n) is 20.9. The molecule has 200 valence electrons. The van der Waals surface area contributed by atoms with Crippen LogP contribution in [0.2, 0.25) is 0 Å². The number of aliphatic hydroxyl groups is 2. The summed E-state index contributed by atoms with van der Waals surface area (Å²) in [6, 6.07) is 10.2. The van der Waals surface area contributed by atoms with Gasteiger partial charge in [0.2, 0.25) is 5.91 Å². The summed E-state index contributed by atoms with van der Waals surface area (Å²) in [7, 11) is 0. The van der Waals surface area contributed by atoms with Gasteiger partial charge in [0.05, 0.1) is 12.1 Å². The number of benzene rings is 2. The maximum atomic E-state index is 13.0. The van der Waals surface area contributed by atoms with E-state index in [1.807, 2.05) is 4.90 Å². The van der Waals surface area contributed by atoms with Crippen molar-refractivity contribution in [3.8, 4) is 11.5 Å². The standard InChI is InChI=1S/C28H35FN2O6/c29-21-9-6-19(7-10-21)24(33)4-2-1-3-5-27(34)30-23(18-31-13-12-22(32)17-31)28(35)20-8-11-25-26(16-20)37-15-14-36-25/h6-11,16,22-23,28,32,35H,1-5,12-15,17-18H2,(H,30,34)/t22-,23+,28+/m0/s1. The zero-order chi connectivity index (χ0) is 26.2. The first kappa shape index (κ1) is 27.0. The Labute approximate surface area is 216 Å². The molecular formula is C28H35FN2O6. The van der Waals surface area contributed by atoms with E-state index in [1.165, 1.54) is 24.3 Å². The van der Waals surface area contributed by atoms with Crippen molar-refractivity contribution in [1.82, 2.24) is 10.2 Å². The minimum absolute atomic E-state index is 0.0418. The first-order valence-electron chi connectivity index (χ1n) is 12.9. The summed E-state index contributed by atoms with van der Waals surface area (Å²) in [6.07, 6.45) is 1.86. The summed E-state index contributed by atoms with van der Waals surface area (Å²) in [5.74, 6) is 0.606. The van der Waals surface area contributed by atoms with E-state index in [9.17, 15) is 24.2 Å². The molecule has 3 N–H and O–H groups in total. The first-order valence-corrected chi connectivity index (χ1v) is 12.9. The summed E-state index contributed by atoms with van der Waals surface area (Å²) < 4.78 is 24.2. The number of rotatable bonds is 12. The molecule has 1 amide bonds. The van der Waals surface area contributed by atoms with Crippen molar-refractivity contribution in [1.29, 1.82) is 0 Å². The van der Waals surface area contributed by atoms with E-state index in [2.05, 4.69) is 5.32 Å². The maximum absolute atomic E-state index is 13.0. The number of β-amino-alcohol motifs (C(OH)–C–C–N with tert-alkyl or cyclic N) is 1. The van der Waals surface area contributed by atoms with Crippen LogP contribution in [-0.4, -0.2) is 71.8 Å². The predicted molar refractivity (Wildman–Crippen MR) is 135 cm³/mol. The van der Waals surface area contributed by atoms with Crippen LogP contribution in [0.3, 0.4) is 0 Å². The van der Waals surface area contributed by atoms with Crippen molar-refractivity contribution >= 4 is 11.7 Å². The molecule has 37 heavy (non-hydrogen) atoms. The third kappa shape index (κ3) is 7.74. The smallest absolute Gasteiger partial charge is 0.220 e. The van der Waals surface area contributed by atoms with Crippen molar-refractivity contribution in [2.24, 2.45) is 0 Å². The lowest BCUT2D eigenvalue weighted by molar-refractivity contribution is -0.123. The van der Waals surface area contributed by atoms with Crippen LogP contribution >= 0.6 is 0 Å². The van der Waals surface area contributed by atoms with Crippen molar-refractivity contribution in [3.63, 3.8) is 0 Å². The number of hydrogen-bond donors (Lipinski definition) is 3. The topological polar surface area (TPSA) is 108 Å². The molecule has 0 spiro atoms. The fraction of sp³-hybridized carbons (Fsp3) is 0.500. The number of ether oxygens (including phenoxy) is 2. The summed E-state index contributed by atoms with van der Waals surface area (Å²) in [5, 5.41) is 24.1. The fourth-order valence-electron chi connectivity index (χ4n) is 4.76. The van der Waals surface area contributed by atoms with Crippen LogP contribution < -0.4 is 14.8 Å². The van der Waals surface area contributed by atoms with Crippen LogP contribution in [0.4, 0.5) is 4.39 Å². The Morgan fingerprint density at radius 2 is 1.76 bits per heavy atom. The van der Waals surface area contributed by atoms with E-state index >= 15 is 0 Å². The third-order valence-corrected chi connectivity index (χ3v) is 6.81. The number of hydrogen-bond acceptors (Lipinski definition) is 7. The van der Waals surface area contributed by atoms with Crippen LogP contribution in [0.15, 0.2) is 42.5 Å². The van der Waals surface area contributed by atoms with Gasteiger partial charge < -0.3 is 25.0 Å². The van der Waals surface area contributed by atoms with Crippen molar-refractivity contribution in [2.45, 2.75) is 56.8 Å². The van der Waals surface area contributed by atoms with E-state index in [1.54, 1.807) is 18.2 Å². The second-order valence-corrected chi connectivity index (χ2v) is 9.71. The first-order chi connectivity index (χ1) is 17.9. The van der Waals surface area contributed by atoms with E-state index in [0.29, 0.717) is 87.6 Å². The molecule has 2 aromatic carbocycles. The molecule has 8 nitrogen and oxygen atoms in total. The molecule has 2 aliphatic heterocycles. The lowest BCUT2D eigenvalue weighted by Gasteiger charge is -2.29. The zero-order valence-corrected chi connectivity index (χ0v) is 20.9. The largest absolute Gasteiger partial charge is 0.486 e. The van der Waals surface area contributed by atoms with Crippen molar-refractivity contribution in [3.05, 3.63) is 59.4 Å². The molecule has 2 aliphatic rings. The Morgan fingerprint density at radius 3 is 2.49 bits per heavy atom. The molecule has 0 aliphatic carbocycles.